The molecule has 0 saturated heterocycles. The van der Waals surface area contributed by atoms with Gasteiger partial charge in [0.05, 0.1) is 0 Å². The van der Waals surface area contributed by atoms with Gasteiger partial charge in [0.1, 0.15) is 5.75 Å². The highest BCUT2D eigenvalue weighted by Gasteiger charge is 2.13. The van der Waals surface area contributed by atoms with Gasteiger partial charge in [0.15, 0.2) is 0 Å². The molecule has 6 heteroatoms. The molecule has 1 heterocycles. The van der Waals surface area contributed by atoms with Gasteiger partial charge in [-0.15, -0.1) is 11.3 Å². The Morgan fingerprint density at radius 1 is 1.33 bits per heavy atom. The van der Waals surface area contributed by atoms with Gasteiger partial charge in [0, 0.05) is 28.0 Å². The summed E-state index contributed by atoms with van der Waals surface area (Å²) in [4.78, 5) is 1.22. The molecule has 0 aliphatic carbocycles. The molecule has 2 nitrogen and oxygen atoms in total. The number of hydrogen-bond donors (Lipinski definition) is 1. The lowest BCUT2D eigenvalue weighted by Crippen LogP contribution is -2.20. The summed E-state index contributed by atoms with van der Waals surface area (Å²) in [7, 11) is 0. The Kier molecular flexibility index (Phi) is 5.96. The Labute approximate surface area is 131 Å². The van der Waals surface area contributed by atoms with Crippen LogP contribution in [0.2, 0.25) is 5.02 Å². The molecule has 1 aromatic carbocycles. The average molecular weight is 332 g/mol. The average Bonchev–Trinajstić information content (AvgIpc) is 2.96. The number of thiophene rings is 1. The molecule has 0 saturated carbocycles. The zero-order valence-corrected chi connectivity index (χ0v) is 13.1. The van der Waals surface area contributed by atoms with E-state index in [9.17, 15) is 8.78 Å². The molecule has 1 aromatic heterocycles. The largest absolute Gasteiger partial charge is 0.434 e. The summed E-state index contributed by atoms with van der Waals surface area (Å²) >= 11 is 7.60. The fourth-order valence-corrected chi connectivity index (χ4v) is 3.15. The zero-order chi connectivity index (χ0) is 15.2. The van der Waals surface area contributed by atoms with E-state index < -0.39 is 6.61 Å². The van der Waals surface area contributed by atoms with Crippen LogP contribution in [0, 0.1) is 0 Å². The first kappa shape index (κ1) is 16.2. The van der Waals surface area contributed by atoms with Gasteiger partial charge in [-0.3, -0.25) is 0 Å². The first-order chi connectivity index (χ1) is 10.1. The van der Waals surface area contributed by atoms with Crippen molar-refractivity contribution < 1.29 is 13.5 Å². The lowest BCUT2D eigenvalue weighted by Gasteiger charge is -2.17. The van der Waals surface area contributed by atoms with Gasteiger partial charge in [0.25, 0.3) is 0 Å². The summed E-state index contributed by atoms with van der Waals surface area (Å²) in [6.45, 7) is -0.352. The molecule has 0 fully saturated rings. The Balaban J connectivity index is 2.09. The van der Waals surface area contributed by atoms with Crippen molar-refractivity contribution in [3.63, 3.8) is 0 Å². The van der Waals surface area contributed by atoms with Crippen molar-refractivity contribution in [1.82, 2.24) is 5.32 Å². The fourth-order valence-electron chi connectivity index (χ4n) is 2.07. The lowest BCUT2D eigenvalue weighted by molar-refractivity contribution is -0.0505. The maximum Gasteiger partial charge on any atom is 0.387 e. The summed E-state index contributed by atoms with van der Waals surface area (Å²) in [5.41, 5.74) is 0.623. The Morgan fingerprint density at radius 3 is 2.76 bits per heavy atom. The molecule has 0 spiro atoms. The topological polar surface area (TPSA) is 21.3 Å². The number of benzene rings is 1. The maximum absolute atomic E-state index is 12.4. The second kappa shape index (κ2) is 7.73. The number of ether oxygens (including phenoxy) is 1. The van der Waals surface area contributed by atoms with E-state index in [1.807, 2.05) is 11.4 Å². The van der Waals surface area contributed by atoms with E-state index >= 15 is 0 Å². The monoisotopic (exact) mass is 331 g/mol. The third-order valence-corrected chi connectivity index (χ3v) is 4.29. The van der Waals surface area contributed by atoms with Gasteiger partial charge >= 0.3 is 6.61 Å². The molecule has 0 aliphatic heterocycles. The summed E-state index contributed by atoms with van der Waals surface area (Å²) in [6, 6.07) is 8.89. The third kappa shape index (κ3) is 4.66. The molecule has 0 aliphatic rings. The molecule has 114 valence electrons. The number of rotatable bonds is 7. The normalized spacial score (nSPS) is 12.6. The molecule has 1 unspecified atom stereocenters. The molecule has 21 heavy (non-hydrogen) atoms. The highest BCUT2D eigenvalue weighted by Crippen LogP contribution is 2.27. The van der Waals surface area contributed by atoms with Crippen molar-refractivity contribution in [3.8, 4) is 5.75 Å². The van der Waals surface area contributed by atoms with Crippen molar-refractivity contribution >= 4 is 22.9 Å². The zero-order valence-electron chi connectivity index (χ0n) is 11.5. The lowest BCUT2D eigenvalue weighted by atomic mass is 10.1. The SMILES string of the molecule is CCC(NCc1cc(Cl)ccc1OC(F)F)c1cccs1. The molecule has 1 N–H and O–H groups in total. The first-order valence-electron chi connectivity index (χ1n) is 6.60. The van der Waals surface area contributed by atoms with Crippen LogP contribution in [-0.2, 0) is 6.54 Å². The van der Waals surface area contributed by atoms with Crippen molar-refractivity contribution in [2.45, 2.75) is 32.5 Å². The van der Waals surface area contributed by atoms with Gasteiger partial charge < -0.3 is 10.1 Å². The summed E-state index contributed by atoms with van der Waals surface area (Å²) in [5.74, 6) is 0.155. The number of hydrogen-bond acceptors (Lipinski definition) is 3. The van der Waals surface area contributed by atoms with E-state index in [1.54, 1.807) is 23.5 Å². The van der Waals surface area contributed by atoms with Gasteiger partial charge in [-0.2, -0.15) is 8.78 Å². The van der Waals surface area contributed by atoms with E-state index in [-0.39, 0.29) is 11.8 Å². The molecular formula is C15H16ClF2NOS. The van der Waals surface area contributed by atoms with Crippen molar-refractivity contribution in [1.29, 1.82) is 0 Å². The highest BCUT2D eigenvalue weighted by molar-refractivity contribution is 7.10. The smallest absolute Gasteiger partial charge is 0.387 e. The van der Waals surface area contributed by atoms with Crippen LogP contribution in [0.5, 0.6) is 5.75 Å². The predicted molar refractivity (Wildman–Crippen MR) is 82.3 cm³/mol. The fraction of sp³-hybridized carbons (Fsp3) is 0.333. The molecule has 1 atom stereocenters. The van der Waals surface area contributed by atoms with Gasteiger partial charge in [-0.05, 0) is 36.1 Å². The summed E-state index contributed by atoms with van der Waals surface area (Å²) in [6.07, 6.45) is 0.909. The molecule has 0 bridgehead atoms. The number of alkyl halides is 2. The van der Waals surface area contributed by atoms with Crippen LogP contribution in [0.25, 0.3) is 0 Å². The van der Waals surface area contributed by atoms with Crippen molar-refractivity contribution in [3.05, 3.63) is 51.2 Å². The minimum Gasteiger partial charge on any atom is -0.434 e. The van der Waals surface area contributed by atoms with Crippen molar-refractivity contribution in [2.24, 2.45) is 0 Å². The van der Waals surface area contributed by atoms with Crippen LogP contribution in [-0.4, -0.2) is 6.61 Å². The molecule has 0 amide bonds. The maximum atomic E-state index is 12.4. The van der Waals surface area contributed by atoms with E-state index in [4.69, 9.17) is 11.6 Å². The second-order valence-electron chi connectivity index (χ2n) is 4.49. The summed E-state index contributed by atoms with van der Waals surface area (Å²) in [5, 5.41) is 5.87. The Morgan fingerprint density at radius 2 is 2.14 bits per heavy atom. The minimum absolute atomic E-state index is 0.155. The number of halogens is 3. The number of nitrogens with one attached hydrogen (secondary N) is 1. The van der Waals surface area contributed by atoms with Crippen LogP contribution in [0.4, 0.5) is 8.78 Å². The van der Waals surface area contributed by atoms with Crippen LogP contribution in [0.15, 0.2) is 35.7 Å². The van der Waals surface area contributed by atoms with E-state index in [2.05, 4.69) is 23.0 Å². The van der Waals surface area contributed by atoms with Crippen molar-refractivity contribution in [2.75, 3.05) is 0 Å². The third-order valence-electron chi connectivity index (χ3n) is 3.07. The minimum atomic E-state index is -2.84. The predicted octanol–water partition coefficient (Wildman–Crippen LogP) is 5.24. The van der Waals surface area contributed by atoms with Crippen LogP contribution < -0.4 is 10.1 Å². The highest BCUT2D eigenvalue weighted by atomic mass is 35.5. The Hall–Kier alpha value is -1.17. The first-order valence-corrected chi connectivity index (χ1v) is 7.86. The molecule has 2 aromatic rings. The second-order valence-corrected chi connectivity index (χ2v) is 5.90. The molecular weight excluding hydrogens is 316 g/mol. The van der Waals surface area contributed by atoms with E-state index in [1.165, 1.54) is 10.9 Å². The van der Waals surface area contributed by atoms with Gasteiger partial charge in [0.2, 0.25) is 0 Å². The van der Waals surface area contributed by atoms with E-state index in [0.717, 1.165) is 6.42 Å². The van der Waals surface area contributed by atoms with Crippen LogP contribution in [0.1, 0.15) is 29.8 Å². The summed E-state index contributed by atoms with van der Waals surface area (Å²) < 4.78 is 29.4. The standard InChI is InChI=1S/C15H16ClF2NOS/c1-2-12(14-4-3-7-21-14)19-9-10-8-11(16)5-6-13(10)20-15(17)18/h3-8,12,15,19H,2,9H2,1H3. The quantitative estimate of drug-likeness (QED) is 0.748. The molecule has 0 radical (unpaired) electrons. The molecule has 2 rings (SSSR count). The van der Waals surface area contributed by atoms with Gasteiger partial charge in [-0.1, -0.05) is 24.6 Å². The van der Waals surface area contributed by atoms with Crippen LogP contribution >= 0.6 is 22.9 Å². The Bertz CT molecular complexity index is 563. The van der Waals surface area contributed by atoms with E-state index in [0.29, 0.717) is 17.1 Å². The van der Waals surface area contributed by atoms with Gasteiger partial charge in [-0.25, -0.2) is 0 Å². The van der Waals surface area contributed by atoms with Crippen LogP contribution in [0.3, 0.4) is 0 Å².